The van der Waals surface area contributed by atoms with Gasteiger partial charge in [-0.25, -0.2) is 4.79 Å². The maximum Gasteiger partial charge on any atom is 0.410 e. The number of aliphatic hydroxyl groups excluding tert-OH is 5. The Morgan fingerprint density at radius 2 is 1.23 bits per heavy atom. The van der Waals surface area contributed by atoms with Crippen molar-refractivity contribution in [2.45, 2.75) is 176 Å². The number of aromatic hydroxyl groups is 3. The van der Waals surface area contributed by atoms with Crippen molar-refractivity contribution in [3.8, 4) is 57.1 Å². The predicted octanol–water partition coefficient (Wildman–Crippen LogP) is 3.34. The molecule has 5 aromatic rings. The largest absolute Gasteiger partial charge is 0.508 e. The molecule has 34 heteroatoms. The lowest BCUT2D eigenvalue weighted by atomic mass is 9.54. The number of carbonyl (C=O) groups is 9. The SMILES string of the molecule is CC(C)C[C@H](C(=O)N[C@H]1C(=O)N[C@@H](CC(N)=O)C(=O)N[C@H]2C(=O)N[C@H]3C(=O)NC(C(=O)N[C@H](C(=O)NC4C5CC6CC(C5)CC4C6)c4cc(O)cc(O)c4-c4cc3ccc4O)[C@H](O)c3ccc(c(Cl)c3)Oc3cc2cc(c3OC2OC(CN)C(O)C(O)C2O)Oc2ccc(cc2Cl)[C@H]1O)N(C)C(=O)OC(C)(C)C. The van der Waals surface area contributed by atoms with Gasteiger partial charge in [-0.15, -0.1) is 0 Å². The molecule has 0 aromatic heterocycles. The van der Waals surface area contributed by atoms with Crippen LogP contribution in [0.3, 0.4) is 0 Å². The molecule has 0 radical (unpaired) electrons. The molecule has 1 saturated heterocycles. The van der Waals surface area contributed by atoms with Gasteiger partial charge in [-0.1, -0.05) is 55.2 Å². The van der Waals surface area contributed by atoms with Crippen molar-refractivity contribution < 1.29 is 108 Å². The number of nitrogens with zero attached hydrogens (tertiary/aromatic N) is 1. The Morgan fingerprint density at radius 1 is 0.648 bits per heavy atom. The van der Waals surface area contributed by atoms with Crippen molar-refractivity contribution in [1.29, 1.82) is 0 Å². The van der Waals surface area contributed by atoms with E-state index in [2.05, 4.69) is 37.2 Å². The highest BCUT2D eigenvalue weighted by atomic mass is 35.5. The molecular formula is C74H86Cl2N10O22. The summed E-state index contributed by atoms with van der Waals surface area (Å²) in [6.45, 7) is 7.83. The molecule has 6 aliphatic heterocycles. The molecule has 4 aliphatic carbocycles. The van der Waals surface area contributed by atoms with Crippen molar-refractivity contribution in [3.05, 3.63) is 117 Å². The van der Waals surface area contributed by atoms with Crippen LogP contribution >= 0.6 is 23.2 Å². The highest BCUT2D eigenvalue weighted by Gasteiger charge is 2.51. The van der Waals surface area contributed by atoms with E-state index in [0.717, 1.165) is 91.6 Å². The van der Waals surface area contributed by atoms with Crippen molar-refractivity contribution >= 4 is 76.6 Å². The smallest absolute Gasteiger partial charge is 0.410 e. The summed E-state index contributed by atoms with van der Waals surface area (Å²) in [6.07, 6.45) is -11.2. The third kappa shape index (κ3) is 16.2. The maximum absolute atomic E-state index is 16.2. The highest BCUT2D eigenvalue weighted by molar-refractivity contribution is 6.32. The van der Waals surface area contributed by atoms with E-state index in [4.69, 9.17) is 58.4 Å². The number of likely N-dealkylation sites (N-methyl/N-ethyl adjacent to an activating group) is 1. The van der Waals surface area contributed by atoms with Crippen LogP contribution in [0.25, 0.3) is 11.1 Å². The van der Waals surface area contributed by atoms with E-state index in [1.54, 1.807) is 34.6 Å². The molecule has 15 rings (SSSR count). The second-order valence-electron chi connectivity index (χ2n) is 30.1. The summed E-state index contributed by atoms with van der Waals surface area (Å²) in [5.74, 6) is -13.6. The fraction of sp³-hybridized carbons (Fsp3) is 0.473. The lowest BCUT2D eigenvalue weighted by Crippen LogP contribution is -2.60. The van der Waals surface area contributed by atoms with Gasteiger partial charge in [-0.2, -0.15) is 0 Å². The van der Waals surface area contributed by atoms with Gasteiger partial charge in [0.2, 0.25) is 59.3 Å². The maximum atomic E-state index is 16.2. The standard InChI is InChI=1S/C74H86Cl2N10O22/c1-28(2)13-43(86(6)73(103)108-74(3,4)5)66(97)84-57-59(91)32-8-11-46(40(75)20-32)104-48-22-36-23-49(64(48)107-72-63(95)62(94)61(93)50(27-77)106-72)105-47-12-9-33(21-41(47)76)60(92)58-71(102)83-56(69(100)80-53-34-15-29-14-30(17-34)18-35(53)16-29)39-24-37(87)25-45(89)52(39)38-19-31(7-10-44(38)88)54(67(98)85-58)82-68(99)55(36)81-65(96)42(26-51(78)90)79-70(57)101/h7-12,19-25,28-30,34-35,42-43,50,53-63,72,87-89,91-95H,13-18,26-27,77H2,1-6H3,(H2,78,90)(H,79,101)(H,80,100)(H,81,96)(H,82,99)(H,83,102)(H,84,97)(H,85,98)/t29?,30?,34?,35?,42-,43+,50?,53?,54+,55+,56-,57+,58?,59+,60+,61?,62?,63?,72?/m0/s1. The van der Waals surface area contributed by atoms with Crippen LogP contribution in [0.2, 0.25) is 10.0 Å². The van der Waals surface area contributed by atoms with Crippen molar-refractivity contribution in [2.24, 2.45) is 41.1 Å². The van der Waals surface area contributed by atoms with Gasteiger partial charge >= 0.3 is 6.09 Å². The zero-order chi connectivity index (χ0) is 78.0. The Labute approximate surface area is 628 Å². The number of benzene rings is 5. The number of fused-ring (bicyclic) bond motifs is 15. The molecule has 108 heavy (non-hydrogen) atoms. The minimum atomic E-state index is -2.33. The topological polar surface area (TPSA) is 501 Å². The first-order valence-corrected chi connectivity index (χ1v) is 36.1. The Kier molecular flexibility index (Phi) is 22.4. The van der Waals surface area contributed by atoms with Crippen molar-refractivity contribution in [3.63, 3.8) is 0 Å². The van der Waals surface area contributed by atoms with Crippen LogP contribution in [-0.4, -0.2) is 179 Å². The molecular weight excluding hydrogens is 1450 g/mol. The van der Waals surface area contributed by atoms with Crippen LogP contribution in [0.5, 0.6) is 46.0 Å². The molecule has 4 saturated carbocycles. The van der Waals surface area contributed by atoms with Crippen LogP contribution in [-0.2, 0) is 47.8 Å². The van der Waals surface area contributed by atoms with E-state index in [-0.39, 0.29) is 85.1 Å². The van der Waals surface area contributed by atoms with Gasteiger partial charge in [0.15, 0.2) is 11.5 Å². The normalized spacial score (nSPS) is 29.1. The average molecular weight is 1540 g/mol. The Balaban J connectivity index is 1.04. The Hall–Kier alpha value is -9.77. The molecule has 6 heterocycles. The first-order chi connectivity index (χ1) is 51.0. The Morgan fingerprint density at radius 3 is 1.81 bits per heavy atom. The number of ether oxygens (including phenoxy) is 5. The average Bonchev–Trinajstić information content (AvgIpc) is 0.761. The fourth-order valence-electron chi connectivity index (χ4n) is 15.7. The summed E-state index contributed by atoms with van der Waals surface area (Å²) in [7, 11) is 1.28. The van der Waals surface area contributed by atoms with Crippen LogP contribution in [0.1, 0.15) is 138 Å². The van der Waals surface area contributed by atoms with Crippen LogP contribution in [0.4, 0.5) is 4.79 Å². The molecule has 578 valence electrons. The molecule has 32 nitrogen and oxygen atoms in total. The number of amides is 9. The van der Waals surface area contributed by atoms with Gasteiger partial charge in [0.25, 0.3) is 0 Å². The van der Waals surface area contributed by atoms with Crippen LogP contribution < -0.4 is 62.9 Å². The number of nitrogens with one attached hydrogen (secondary N) is 7. The van der Waals surface area contributed by atoms with Gasteiger partial charge in [0.1, 0.15) is 113 Å². The van der Waals surface area contributed by atoms with Crippen molar-refractivity contribution in [2.75, 3.05) is 13.6 Å². The first kappa shape index (κ1) is 77.8. The van der Waals surface area contributed by atoms with Crippen LogP contribution in [0.15, 0.2) is 78.9 Å². The first-order valence-electron chi connectivity index (χ1n) is 35.3. The monoisotopic (exact) mass is 1540 g/mol. The van der Waals surface area contributed by atoms with Gasteiger partial charge < -0.3 is 113 Å². The number of phenolic OH excluding ortho intramolecular Hbond substituents is 3. The molecule has 19 N–H and O–H groups in total. The highest BCUT2D eigenvalue weighted by Crippen LogP contribution is 2.55. The number of primary amides is 1. The number of carbonyl (C=O) groups excluding carboxylic acids is 9. The molecule has 5 aromatic carbocycles. The minimum absolute atomic E-state index is 0.0426. The second-order valence-corrected chi connectivity index (χ2v) is 30.9. The van der Waals surface area contributed by atoms with Gasteiger partial charge in [0.05, 0.1) is 16.5 Å². The zero-order valence-electron chi connectivity index (χ0n) is 59.4. The van der Waals surface area contributed by atoms with Gasteiger partial charge in [0, 0.05) is 36.8 Å². The predicted molar refractivity (Wildman–Crippen MR) is 381 cm³/mol. The second kappa shape index (κ2) is 31.1. The number of hydrogen-bond donors (Lipinski definition) is 17. The summed E-state index contributed by atoms with van der Waals surface area (Å²) >= 11 is 14.2. The quantitative estimate of drug-likeness (QED) is 0.0851. The summed E-state index contributed by atoms with van der Waals surface area (Å²) < 4.78 is 31.0. The lowest BCUT2D eigenvalue weighted by molar-refractivity contribution is -0.270. The summed E-state index contributed by atoms with van der Waals surface area (Å²) in [5.41, 5.74) is 8.60. The molecule has 10 aliphatic rings. The summed E-state index contributed by atoms with van der Waals surface area (Å²) in [6, 6.07) is -0.242. The number of halogens is 2. The molecule has 6 unspecified atom stereocenters. The van der Waals surface area contributed by atoms with E-state index >= 15 is 28.8 Å². The van der Waals surface area contributed by atoms with E-state index in [1.165, 1.54) is 31.3 Å². The van der Waals surface area contributed by atoms with Gasteiger partial charge in [-0.3, -0.25) is 43.3 Å². The number of aliphatic hydroxyl groups is 5. The van der Waals surface area contributed by atoms with E-state index in [9.17, 15) is 55.2 Å². The minimum Gasteiger partial charge on any atom is -0.508 e. The molecule has 14 atom stereocenters. The Bertz CT molecular complexity index is 4380. The molecule has 9 amide bonds. The lowest BCUT2D eigenvalue weighted by Gasteiger charge is -2.54. The van der Waals surface area contributed by atoms with E-state index in [1.807, 2.05) is 0 Å². The van der Waals surface area contributed by atoms with Crippen LogP contribution in [0, 0.1) is 29.6 Å². The van der Waals surface area contributed by atoms with Crippen molar-refractivity contribution in [1.82, 2.24) is 42.1 Å². The number of phenols is 3. The molecule has 0 spiro atoms. The third-order valence-electron chi connectivity index (χ3n) is 20.8. The summed E-state index contributed by atoms with van der Waals surface area (Å²) in [5, 5.41) is 112. The zero-order valence-corrected chi connectivity index (χ0v) is 60.9. The van der Waals surface area contributed by atoms with Gasteiger partial charge in [-0.05, 0) is 171 Å². The number of hydrogen-bond acceptors (Lipinski definition) is 23. The summed E-state index contributed by atoms with van der Waals surface area (Å²) in [4.78, 5) is 136. The third-order valence-corrected chi connectivity index (χ3v) is 21.4. The fourth-order valence-corrected chi connectivity index (χ4v) is 16.2. The number of nitrogens with two attached hydrogens (primary N) is 2. The molecule has 5 fully saturated rings. The van der Waals surface area contributed by atoms with E-state index in [0.29, 0.717) is 11.8 Å². The molecule has 15 bridgehead atoms. The van der Waals surface area contributed by atoms with E-state index < -0.39 is 197 Å². The number of rotatable bonds is 12.